The van der Waals surface area contributed by atoms with Crippen molar-refractivity contribution in [1.82, 2.24) is 4.57 Å². The maximum atomic E-state index is 12.4. The predicted octanol–water partition coefficient (Wildman–Crippen LogP) is 2.26. The van der Waals surface area contributed by atoms with Crippen LogP contribution in [0.5, 0.6) is 0 Å². The van der Waals surface area contributed by atoms with Gasteiger partial charge >= 0.3 is 5.97 Å². The molecule has 23 heavy (non-hydrogen) atoms. The van der Waals surface area contributed by atoms with Crippen molar-refractivity contribution in [3.8, 4) is 6.07 Å². The summed E-state index contributed by atoms with van der Waals surface area (Å²) >= 11 is 0. The maximum absolute atomic E-state index is 12.4. The number of aryl methyl sites for hydroxylation is 1. The molecule has 6 heteroatoms. The van der Waals surface area contributed by atoms with E-state index in [1.807, 2.05) is 6.07 Å². The summed E-state index contributed by atoms with van der Waals surface area (Å²) in [6, 6.07) is 8.71. The van der Waals surface area contributed by atoms with Crippen LogP contribution in [0.1, 0.15) is 25.0 Å². The van der Waals surface area contributed by atoms with Gasteiger partial charge < -0.3 is 14.4 Å². The van der Waals surface area contributed by atoms with Crippen molar-refractivity contribution in [3.05, 3.63) is 51.5 Å². The summed E-state index contributed by atoms with van der Waals surface area (Å²) in [5, 5.41) is 19.9. The quantitative estimate of drug-likeness (QED) is 0.533. The van der Waals surface area contributed by atoms with Crippen molar-refractivity contribution >= 4 is 22.4 Å². The van der Waals surface area contributed by atoms with Crippen LogP contribution in [0.15, 0.2) is 34.8 Å². The first-order valence-corrected chi connectivity index (χ1v) is 7.03. The van der Waals surface area contributed by atoms with Crippen LogP contribution < -0.4 is 5.56 Å². The second-order valence-corrected chi connectivity index (χ2v) is 4.92. The monoisotopic (exact) mass is 312 g/mol. The highest BCUT2D eigenvalue weighted by Crippen LogP contribution is 2.29. The van der Waals surface area contributed by atoms with Crippen LogP contribution in [0, 0.1) is 11.3 Å². The molecule has 0 radical (unpaired) electrons. The zero-order valence-electron chi connectivity index (χ0n) is 13.1. The molecule has 0 amide bonds. The molecular weight excluding hydrogens is 296 g/mol. The molecule has 0 saturated heterocycles. The third-order valence-corrected chi connectivity index (χ3v) is 3.51. The van der Waals surface area contributed by atoms with E-state index in [1.54, 1.807) is 38.2 Å². The number of nitrogens with zero attached hydrogens (tertiary/aromatic N) is 2. The normalized spacial score (nSPS) is 11.7. The summed E-state index contributed by atoms with van der Waals surface area (Å²) in [6.45, 7) is 3.06. The van der Waals surface area contributed by atoms with Gasteiger partial charge in [-0.2, -0.15) is 5.26 Å². The van der Waals surface area contributed by atoms with Crippen LogP contribution in [0.4, 0.5) is 0 Å². The highest BCUT2D eigenvalue weighted by molar-refractivity contribution is 6.21. The number of hydrogen-bond acceptors (Lipinski definition) is 5. The lowest BCUT2D eigenvalue weighted by Crippen LogP contribution is -2.24. The molecule has 118 valence electrons. The lowest BCUT2D eigenvalue weighted by molar-refractivity contribution is -0.136. The predicted molar refractivity (Wildman–Crippen MR) is 85.8 cm³/mol. The first-order valence-electron chi connectivity index (χ1n) is 7.03. The topological polar surface area (TPSA) is 92.3 Å². The molecule has 0 spiro atoms. The Labute approximate surface area is 132 Å². The average Bonchev–Trinajstić information content (AvgIpc) is 2.52. The van der Waals surface area contributed by atoms with Crippen molar-refractivity contribution in [1.29, 1.82) is 5.26 Å². The standard InChI is InChI=1S/C17H16N2O4/c1-4-23-17(22)14(10(2)20)15-11-7-5-6-8-13(11)19(3)16(21)12(15)9-18/h5-8,20H,4H2,1-3H3/b14-10-. The van der Waals surface area contributed by atoms with Gasteiger partial charge in [-0.1, -0.05) is 18.2 Å². The summed E-state index contributed by atoms with van der Waals surface area (Å²) in [5.41, 5.74) is -0.261. The van der Waals surface area contributed by atoms with Gasteiger partial charge in [0.05, 0.1) is 12.1 Å². The molecule has 0 bridgehead atoms. The van der Waals surface area contributed by atoms with Crippen LogP contribution in [0.2, 0.25) is 0 Å². The molecule has 0 atom stereocenters. The molecule has 0 unspecified atom stereocenters. The number of ether oxygens (including phenoxy) is 1. The number of carbonyl (C=O) groups excluding carboxylic acids is 1. The third kappa shape index (κ3) is 2.69. The van der Waals surface area contributed by atoms with Gasteiger partial charge in [-0.25, -0.2) is 4.79 Å². The number of pyridine rings is 1. The molecule has 2 aromatic rings. The lowest BCUT2D eigenvalue weighted by Gasteiger charge is -2.15. The van der Waals surface area contributed by atoms with Crippen LogP contribution in [-0.4, -0.2) is 22.2 Å². The minimum Gasteiger partial charge on any atom is -0.512 e. The van der Waals surface area contributed by atoms with E-state index >= 15 is 0 Å². The number of aromatic nitrogens is 1. The highest BCUT2D eigenvalue weighted by atomic mass is 16.5. The SMILES string of the molecule is CCOC(=O)/C(=C(/C)O)c1c(C#N)c(=O)n(C)c2ccccc12. The minimum atomic E-state index is -0.776. The van der Waals surface area contributed by atoms with Crippen molar-refractivity contribution in [3.63, 3.8) is 0 Å². The Kier molecular flexibility index (Phi) is 4.51. The molecule has 1 N–H and O–H groups in total. The molecule has 1 aromatic carbocycles. The second-order valence-electron chi connectivity index (χ2n) is 4.92. The van der Waals surface area contributed by atoms with Gasteiger partial charge in [0.15, 0.2) is 0 Å². The van der Waals surface area contributed by atoms with E-state index in [0.29, 0.717) is 10.9 Å². The Morgan fingerprint density at radius 3 is 2.61 bits per heavy atom. The van der Waals surface area contributed by atoms with Crippen LogP contribution in [-0.2, 0) is 16.6 Å². The summed E-state index contributed by atoms with van der Waals surface area (Å²) in [4.78, 5) is 24.7. The molecule has 0 fully saturated rings. The summed E-state index contributed by atoms with van der Waals surface area (Å²) in [6.07, 6.45) is 0. The Morgan fingerprint density at radius 1 is 1.39 bits per heavy atom. The largest absolute Gasteiger partial charge is 0.512 e. The number of esters is 1. The van der Waals surface area contributed by atoms with Crippen LogP contribution in [0.25, 0.3) is 16.5 Å². The van der Waals surface area contributed by atoms with Gasteiger partial charge in [-0.15, -0.1) is 0 Å². The third-order valence-electron chi connectivity index (χ3n) is 3.51. The van der Waals surface area contributed by atoms with E-state index in [2.05, 4.69) is 0 Å². The van der Waals surface area contributed by atoms with Crippen molar-refractivity contribution in [2.24, 2.45) is 7.05 Å². The van der Waals surface area contributed by atoms with Gasteiger partial charge in [-0.3, -0.25) is 4.79 Å². The zero-order valence-corrected chi connectivity index (χ0v) is 13.1. The minimum absolute atomic E-state index is 0.102. The number of aliphatic hydroxyl groups excluding tert-OH is 1. The number of hydrogen-bond donors (Lipinski definition) is 1. The van der Waals surface area contributed by atoms with E-state index in [-0.39, 0.29) is 29.1 Å². The fourth-order valence-corrected chi connectivity index (χ4v) is 2.49. The first kappa shape index (κ1) is 16.3. The van der Waals surface area contributed by atoms with E-state index < -0.39 is 11.5 Å². The molecule has 2 rings (SSSR count). The molecule has 0 aliphatic heterocycles. The number of allylic oxidation sites excluding steroid dienone is 1. The molecular formula is C17H16N2O4. The van der Waals surface area contributed by atoms with Gasteiger partial charge in [-0.05, 0) is 19.9 Å². The Balaban J connectivity index is 3.02. The number of benzene rings is 1. The molecule has 1 heterocycles. The number of fused-ring (bicyclic) bond motifs is 1. The lowest BCUT2D eigenvalue weighted by atomic mass is 9.95. The van der Waals surface area contributed by atoms with Crippen molar-refractivity contribution < 1.29 is 14.6 Å². The Morgan fingerprint density at radius 2 is 2.04 bits per heavy atom. The number of nitriles is 1. The average molecular weight is 312 g/mol. The van der Waals surface area contributed by atoms with Crippen molar-refractivity contribution in [2.75, 3.05) is 6.61 Å². The van der Waals surface area contributed by atoms with E-state index in [1.165, 1.54) is 11.5 Å². The van der Waals surface area contributed by atoms with Gasteiger partial charge in [0, 0.05) is 18.0 Å². The van der Waals surface area contributed by atoms with Gasteiger partial charge in [0.25, 0.3) is 5.56 Å². The smallest absolute Gasteiger partial charge is 0.342 e. The van der Waals surface area contributed by atoms with Gasteiger partial charge in [0.2, 0.25) is 0 Å². The molecule has 6 nitrogen and oxygen atoms in total. The second kappa shape index (κ2) is 6.36. The number of carbonyl (C=O) groups is 1. The summed E-state index contributed by atoms with van der Waals surface area (Å²) in [7, 11) is 1.55. The number of rotatable bonds is 3. The summed E-state index contributed by atoms with van der Waals surface area (Å²) < 4.78 is 6.30. The molecule has 1 aromatic heterocycles. The fraction of sp³-hybridized carbons (Fsp3) is 0.235. The number of aliphatic hydroxyl groups is 1. The molecule has 0 aliphatic rings. The zero-order chi connectivity index (χ0) is 17.1. The van der Waals surface area contributed by atoms with E-state index in [4.69, 9.17) is 4.74 Å². The van der Waals surface area contributed by atoms with Crippen LogP contribution in [0.3, 0.4) is 0 Å². The van der Waals surface area contributed by atoms with Crippen LogP contribution >= 0.6 is 0 Å². The van der Waals surface area contributed by atoms with E-state index in [9.17, 15) is 20.0 Å². The summed E-state index contributed by atoms with van der Waals surface area (Å²) in [5.74, 6) is -1.08. The number of para-hydroxylation sites is 1. The molecule has 0 saturated carbocycles. The first-order chi connectivity index (χ1) is 10.9. The Hall–Kier alpha value is -3.07. The van der Waals surface area contributed by atoms with Crippen molar-refractivity contribution in [2.45, 2.75) is 13.8 Å². The highest BCUT2D eigenvalue weighted by Gasteiger charge is 2.25. The maximum Gasteiger partial charge on any atom is 0.342 e. The van der Waals surface area contributed by atoms with E-state index in [0.717, 1.165) is 0 Å². The fourth-order valence-electron chi connectivity index (χ4n) is 2.49. The van der Waals surface area contributed by atoms with Gasteiger partial charge in [0.1, 0.15) is 23.0 Å². The Bertz CT molecular complexity index is 913. The molecule has 0 aliphatic carbocycles.